The molecule has 0 radical (unpaired) electrons. The summed E-state index contributed by atoms with van der Waals surface area (Å²) in [5.74, 6) is 0.246. The van der Waals surface area contributed by atoms with Crippen molar-refractivity contribution in [2.75, 3.05) is 20.2 Å². The molecule has 0 spiro atoms. The molecule has 0 saturated carbocycles. The van der Waals surface area contributed by atoms with Gasteiger partial charge in [-0.05, 0) is 49.1 Å². The molecule has 3 aromatic rings. The standard InChI is InChI=1S/C23H24FN3O2S/c1-29-19-8-3-2-7-18(19)22-26-20(21(30-22)15-9-11-16(24)12-10-15)23(28)27-13-5-4-6-17(27)14-25/h2-3,7-12,17H,4-6,13-14,25H2,1H3. The lowest BCUT2D eigenvalue weighted by Crippen LogP contribution is -2.47. The molecule has 156 valence electrons. The zero-order valence-corrected chi connectivity index (χ0v) is 17.6. The van der Waals surface area contributed by atoms with Gasteiger partial charge < -0.3 is 15.4 Å². The number of halogens is 1. The summed E-state index contributed by atoms with van der Waals surface area (Å²) in [6.07, 6.45) is 2.93. The number of rotatable bonds is 5. The highest BCUT2D eigenvalue weighted by molar-refractivity contribution is 7.18. The van der Waals surface area contributed by atoms with E-state index in [1.807, 2.05) is 29.2 Å². The molecule has 2 heterocycles. The predicted molar refractivity (Wildman–Crippen MR) is 117 cm³/mol. The van der Waals surface area contributed by atoms with Gasteiger partial charge in [-0.25, -0.2) is 9.37 Å². The molecule has 1 aromatic heterocycles. The van der Waals surface area contributed by atoms with Crippen LogP contribution in [0.2, 0.25) is 0 Å². The maximum Gasteiger partial charge on any atom is 0.274 e. The predicted octanol–water partition coefficient (Wildman–Crippen LogP) is 4.58. The molecular formula is C23H24FN3O2S. The molecule has 1 aliphatic heterocycles. The molecule has 4 rings (SSSR count). The van der Waals surface area contributed by atoms with Crippen LogP contribution >= 0.6 is 11.3 Å². The number of likely N-dealkylation sites (tertiary alicyclic amines) is 1. The third-order valence-corrected chi connectivity index (χ3v) is 6.57. The second kappa shape index (κ2) is 8.93. The smallest absolute Gasteiger partial charge is 0.274 e. The van der Waals surface area contributed by atoms with Gasteiger partial charge >= 0.3 is 0 Å². The van der Waals surface area contributed by atoms with Gasteiger partial charge in [0, 0.05) is 19.1 Å². The Labute approximate surface area is 179 Å². The number of nitrogens with two attached hydrogens (primary N) is 1. The van der Waals surface area contributed by atoms with E-state index in [1.165, 1.54) is 23.5 Å². The Morgan fingerprint density at radius 2 is 2.00 bits per heavy atom. The van der Waals surface area contributed by atoms with E-state index in [0.717, 1.165) is 35.3 Å². The normalized spacial score (nSPS) is 16.5. The first kappa shape index (κ1) is 20.5. The van der Waals surface area contributed by atoms with Crippen LogP contribution in [0.3, 0.4) is 0 Å². The maximum absolute atomic E-state index is 13.5. The number of piperidine rings is 1. The first-order chi connectivity index (χ1) is 14.6. The third kappa shape index (κ3) is 3.95. The largest absolute Gasteiger partial charge is 0.496 e. The van der Waals surface area contributed by atoms with E-state index >= 15 is 0 Å². The number of thiazole rings is 1. The quantitative estimate of drug-likeness (QED) is 0.650. The third-order valence-electron chi connectivity index (χ3n) is 5.43. The Kier molecular flexibility index (Phi) is 6.11. The molecule has 1 atom stereocenters. The van der Waals surface area contributed by atoms with Crippen molar-refractivity contribution >= 4 is 17.2 Å². The number of carbonyl (C=O) groups is 1. The average Bonchev–Trinajstić information content (AvgIpc) is 3.24. The summed E-state index contributed by atoms with van der Waals surface area (Å²) in [5, 5.41) is 0.691. The number of hydrogen-bond acceptors (Lipinski definition) is 5. The van der Waals surface area contributed by atoms with E-state index in [2.05, 4.69) is 0 Å². The summed E-state index contributed by atoms with van der Waals surface area (Å²) < 4.78 is 19.0. The van der Waals surface area contributed by atoms with Crippen molar-refractivity contribution in [2.45, 2.75) is 25.3 Å². The van der Waals surface area contributed by atoms with E-state index in [-0.39, 0.29) is 17.8 Å². The van der Waals surface area contributed by atoms with Gasteiger partial charge in [0.2, 0.25) is 0 Å². The van der Waals surface area contributed by atoms with Crippen molar-refractivity contribution in [2.24, 2.45) is 5.73 Å². The van der Waals surface area contributed by atoms with Gasteiger partial charge in [-0.15, -0.1) is 11.3 Å². The Morgan fingerprint density at radius 3 is 2.73 bits per heavy atom. The lowest BCUT2D eigenvalue weighted by molar-refractivity contribution is 0.0619. The fourth-order valence-electron chi connectivity index (χ4n) is 3.85. The number of aromatic nitrogens is 1. The van der Waals surface area contributed by atoms with Gasteiger partial charge in [-0.1, -0.05) is 24.3 Å². The lowest BCUT2D eigenvalue weighted by Gasteiger charge is -2.34. The van der Waals surface area contributed by atoms with Gasteiger partial charge in [0.05, 0.1) is 17.6 Å². The second-order valence-electron chi connectivity index (χ2n) is 7.29. The number of nitrogens with zero attached hydrogens (tertiary/aromatic N) is 2. The van der Waals surface area contributed by atoms with Crippen LogP contribution in [0.25, 0.3) is 21.0 Å². The SMILES string of the molecule is COc1ccccc1-c1nc(C(=O)N2CCCCC2CN)c(-c2ccc(F)cc2)s1. The number of methoxy groups -OCH3 is 1. The summed E-state index contributed by atoms with van der Waals surface area (Å²) in [7, 11) is 1.61. The molecule has 0 aliphatic carbocycles. The zero-order valence-electron chi connectivity index (χ0n) is 16.8. The fraction of sp³-hybridized carbons (Fsp3) is 0.304. The van der Waals surface area contributed by atoms with Crippen molar-refractivity contribution < 1.29 is 13.9 Å². The number of hydrogen-bond donors (Lipinski definition) is 1. The van der Waals surface area contributed by atoms with Crippen LogP contribution < -0.4 is 10.5 Å². The van der Waals surface area contributed by atoms with Crippen LogP contribution in [0.15, 0.2) is 48.5 Å². The highest BCUT2D eigenvalue weighted by Gasteiger charge is 2.31. The highest BCUT2D eigenvalue weighted by Crippen LogP contribution is 2.39. The minimum Gasteiger partial charge on any atom is -0.496 e. The molecule has 1 saturated heterocycles. The molecule has 1 amide bonds. The highest BCUT2D eigenvalue weighted by atomic mass is 32.1. The van der Waals surface area contributed by atoms with Gasteiger partial charge in [-0.3, -0.25) is 4.79 Å². The Hall–Kier alpha value is -2.77. The van der Waals surface area contributed by atoms with Crippen molar-refractivity contribution in [1.29, 1.82) is 0 Å². The van der Waals surface area contributed by atoms with E-state index in [4.69, 9.17) is 15.5 Å². The summed E-state index contributed by atoms with van der Waals surface area (Å²) in [6.45, 7) is 1.10. The van der Waals surface area contributed by atoms with Crippen LogP contribution in [-0.4, -0.2) is 42.0 Å². The first-order valence-corrected chi connectivity index (χ1v) is 10.8. The van der Waals surface area contributed by atoms with E-state index in [0.29, 0.717) is 29.5 Å². The van der Waals surface area contributed by atoms with Crippen molar-refractivity contribution in [3.05, 3.63) is 60.0 Å². The molecule has 1 aliphatic rings. The molecule has 1 fully saturated rings. The molecular weight excluding hydrogens is 401 g/mol. The van der Waals surface area contributed by atoms with Gasteiger partial charge in [0.15, 0.2) is 0 Å². The van der Waals surface area contributed by atoms with Crippen LogP contribution in [0.5, 0.6) is 5.75 Å². The molecule has 1 unspecified atom stereocenters. The number of para-hydroxylation sites is 1. The monoisotopic (exact) mass is 425 g/mol. The van der Waals surface area contributed by atoms with Crippen molar-refractivity contribution in [1.82, 2.24) is 9.88 Å². The molecule has 0 bridgehead atoms. The van der Waals surface area contributed by atoms with E-state index < -0.39 is 0 Å². The molecule has 2 N–H and O–H groups in total. The average molecular weight is 426 g/mol. The van der Waals surface area contributed by atoms with Gasteiger partial charge in [0.25, 0.3) is 5.91 Å². The minimum absolute atomic E-state index is 0.0173. The van der Waals surface area contributed by atoms with Crippen molar-refractivity contribution in [3.63, 3.8) is 0 Å². The molecule has 30 heavy (non-hydrogen) atoms. The molecule has 7 heteroatoms. The van der Waals surface area contributed by atoms with Crippen LogP contribution in [0.4, 0.5) is 4.39 Å². The van der Waals surface area contributed by atoms with Crippen LogP contribution in [-0.2, 0) is 0 Å². The second-order valence-corrected chi connectivity index (χ2v) is 8.29. The number of ether oxygens (including phenoxy) is 1. The zero-order chi connectivity index (χ0) is 21.1. The summed E-state index contributed by atoms with van der Waals surface area (Å²) >= 11 is 1.41. The van der Waals surface area contributed by atoms with E-state index in [9.17, 15) is 9.18 Å². The molecule has 2 aromatic carbocycles. The number of amides is 1. The fourth-order valence-corrected chi connectivity index (χ4v) is 4.94. The summed E-state index contributed by atoms with van der Waals surface area (Å²) in [6, 6.07) is 13.8. The van der Waals surface area contributed by atoms with Gasteiger partial charge in [-0.2, -0.15) is 0 Å². The topological polar surface area (TPSA) is 68.5 Å². The summed E-state index contributed by atoms with van der Waals surface area (Å²) in [4.78, 5) is 20.9. The maximum atomic E-state index is 13.5. The number of benzene rings is 2. The number of carbonyl (C=O) groups excluding carboxylic acids is 1. The first-order valence-electron chi connectivity index (χ1n) is 10.0. The van der Waals surface area contributed by atoms with Gasteiger partial charge in [0.1, 0.15) is 22.3 Å². The lowest BCUT2D eigenvalue weighted by atomic mass is 10.0. The van der Waals surface area contributed by atoms with Crippen LogP contribution in [0.1, 0.15) is 29.8 Å². The summed E-state index contributed by atoms with van der Waals surface area (Å²) in [5.41, 5.74) is 7.91. The molecule has 5 nitrogen and oxygen atoms in total. The minimum atomic E-state index is -0.319. The van der Waals surface area contributed by atoms with Crippen LogP contribution in [0, 0.1) is 5.82 Å². The van der Waals surface area contributed by atoms with E-state index in [1.54, 1.807) is 19.2 Å². The Bertz CT molecular complexity index is 1040. The van der Waals surface area contributed by atoms with Crippen molar-refractivity contribution in [3.8, 4) is 26.8 Å². The Morgan fingerprint density at radius 1 is 1.23 bits per heavy atom. The Balaban J connectivity index is 1.82.